The molecule has 0 amide bonds. The third-order valence-electron chi connectivity index (χ3n) is 5.89. The number of aryl methyl sites for hydroxylation is 2. The van der Waals surface area contributed by atoms with Crippen molar-refractivity contribution in [2.45, 2.75) is 38.3 Å². The summed E-state index contributed by atoms with van der Waals surface area (Å²) in [5.41, 5.74) is 6.14. The first-order chi connectivity index (χ1) is 13.8. The number of likely N-dealkylation sites (tertiary alicyclic amines) is 1. The van der Waals surface area contributed by atoms with Crippen molar-refractivity contribution in [2.24, 2.45) is 7.05 Å². The molecule has 1 fully saturated rings. The van der Waals surface area contributed by atoms with Crippen molar-refractivity contribution in [3.8, 4) is 16.9 Å². The van der Waals surface area contributed by atoms with Gasteiger partial charge in [-0.25, -0.2) is 0 Å². The van der Waals surface area contributed by atoms with Crippen molar-refractivity contribution >= 4 is 0 Å². The summed E-state index contributed by atoms with van der Waals surface area (Å²) in [4.78, 5) is 7.27. The zero-order valence-electron chi connectivity index (χ0n) is 16.3. The average molecular weight is 374 g/mol. The summed E-state index contributed by atoms with van der Waals surface area (Å²) in [6.07, 6.45) is 10.6. The van der Waals surface area contributed by atoms with Crippen LogP contribution in [0.25, 0.3) is 11.1 Å². The summed E-state index contributed by atoms with van der Waals surface area (Å²) in [5, 5.41) is 4.26. The number of fused-ring (bicyclic) bond motifs is 1. The maximum absolute atomic E-state index is 5.85. The maximum Gasteiger partial charge on any atom is 0.141 e. The lowest BCUT2D eigenvalue weighted by Crippen LogP contribution is -2.23. The molecular formula is C23H26N4O. The molecule has 0 N–H and O–H groups in total. The Labute approximate surface area is 166 Å². The van der Waals surface area contributed by atoms with E-state index in [1.54, 1.807) is 0 Å². The Kier molecular flexibility index (Phi) is 4.61. The highest BCUT2D eigenvalue weighted by molar-refractivity contribution is 5.61. The standard InChI is InChI=1S/C23H26N4O/c1-26-16-20(14-25-26)18-8-6-17(7-9-18)15-27-10-2-5-22(27)19-12-23-21(24-13-19)4-3-11-28-23/h6-9,12-14,16,22H,2-5,10-11,15H2,1H3/t22-/m0/s1. The minimum absolute atomic E-state index is 0.432. The van der Waals surface area contributed by atoms with E-state index < -0.39 is 0 Å². The molecular weight excluding hydrogens is 348 g/mol. The highest BCUT2D eigenvalue weighted by atomic mass is 16.5. The largest absolute Gasteiger partial charge is 0.492 e. The Morgan fingerprint density at radius 2 is 2.00 bits per heavy atom. The number of pyridine rings is 1. The molecule has 0 saturated carbocycles. The molecule has 1 atom stereocenters. The van der Waals surface area contributed by atoms with Crippen molar-refractivity contribution in [1.82, 2.24) is 19.7 Å². The summed E-state index contributed by atoms with van der Waals surface area (Å²) in [7, 11) is 1.95. The minimum Gasteiger partial charge on any atom is -0.492 e. The maximum atomic E-state index is 5.85. The van der Waals surface area contributed by atoms with Gasteiger partial charge in [0.2, 0.25) is 0 Å². The number of rotatable bonds is 4. The molecule has 5 heteroatoms. The van der Waals surface area contributed by atoms with Crippen LogP contribution in [0.4, 0.5) is 0 Å². The van der Waals surface area contributed by atoms with Gasteiger partial charge in [0.15, 0.2) is 0 Å². The second kappa shape index (κ2) is 7.40. The summed E-state index contributed by atoms with van der Waals surface area (Å²) >= 11 is 0. The lowest BCUT2D eigenvalue weighted by atomic mass is 10.0. The third kappa shape index (κ3) is 3.42. The van der Waals surface area contributed by atoms with Gasteiger partial charge in [-0.1, -0.05) is 24.3 Å². The van der Waals surface area contributed by atoms with E-state index in [4.69, 9.17) is 9.72 Å². The first-order valence-electron chi connectivity index (χ1n) is 10.2. The van der Waals surface area contributed by atoms with Crippen LogP contribution in [0.3, 0.4) is 0 Å². The van der Waals surface area contributed by atoms with Crippen LogP contribution < -0.4 is 4.74 Å². The fraction of sp³-hybridized carbons (Fsp3) is 0.391. The molecule has 144 valence electrons. The van der Waals surface area contributed by atoms with Crippen LogP contribution in [0.15, 0.2) is 48.9 Å². The number of hydrogen-bond donors (Lipinski definition) is 0. The molecule has 3 aromatic rings. The first kappa shape index (κ1) is 17.4. The van der Waals surface area contributed by atoms with E-state index in [1.807, 2.05) is 17.9 Å². The number of ether oxygens (including phenoxy) is 1. The third-order valence-corrected chi connectivity index (χ3v) is 5.89. The van der Waals surface area contributed by atoms with Crippen molar-refractivity contribution in [3.63, 3.8) is 0 Å². The van der Waals surface area contributed by atoms with Gasteiger partial charge in [0.25, 0.3) is 0 Å². The molecule has 0 radical (unpaired) electrons. The highest BCUT2D eigenvalue weighted by Gasteiger charge is 2.27. The Bertz CT molecular complexity index is 963. The van der Waals surface area contributed by atoms with Gasteiger partial charge >= 0.3 is 0 Å². The van der Waals surface area contributed by atoms with Gasteiger partial charge in [0, 0.05) is 37.6 Å². The molecule has 5 nitrogen and oxygen atoms in total. The van der Waals surface area contributed by atoms with Gasteiger partial charge in [-0.3, -0.25) is 14.6 Å². The number of hydrogen-bond acceptors (Lipinski definition) is 4. The van der Waals surface area contributed by atoms with E-state index in [9.17, 15) is 0 Å². The van der Waals surface area contributed by atoms with Gasteiger partial charge in [-0.05, 0) is 55.0 Å². The zero-order chi connectivity index (χ0) is 18.9. The topological polar surface area (TPSA) is 43.2 Å². The lowest BCUT2D eigenvalue weighted by Gasteiger charge is -2.26. The molecule has 1 aromatic carbocycles. The van der Waals surface area contributed by atoms with Crippen LogP contribution in [0.2, 0.25) is 0 Å². The lowest BCUT2D eigenvalue weighted by molar-refractivity contribution is 0.245. The molecule has 0 spiro atoms. The fourth-order valence-corrected chi connectivity index (χ4v) is 4.40. The minimum atomic E-state index is 0.432. The second-order valence-electron chi connectivity index (χ2n) is 7.89. The predicted molar refractivity (Wildman–Crippen MR) is 109 cm³/mol. The quantitative estimate of drug-likeness (QED) is 0.688. The van der Waals surface area contributed by atoms with Crippen molar-refractivity contribution in [2.75, 3.05) is 13.2 Å². The summed E-state index contributed by atoms with van der Waals surface area (Å²) < 4.78 is 7.69. The van der Waals surface area contributed by atoms with E-state index in [-0.39, 0.29) is 0 Å². The fourth-order valence-electron chi connectivity index (χ4n) is 4.40. The zero-order valence-corrected chi connectivity index (χ0v) is 16.3. The highest BCUT2D eigenvalue weighted by Crippen LogP contribution is 2.36. The van der Waals surface area contributed by atoms with Crippen molar-refractivity contribution < 1.29 is 4.74 Å². The normalized spacial score (nSPS) is 19.4. The van der Waals surface area contributed by atoms with E-state index in [0.717, 1.165) is 49.5 Å². The molecule has 28 heavy (non-hydrogen) atoms. The van der Waals surface area contributed by atoms with Crippen LogP contribution in [-0.4, -0.2) is 32.8 Å². The molecule has 0 unspecified atom stereocenters. The number of nitrogens with zero attached hydrogens (tertiary/aromatic N) is 4. The molecule has 1 saturated heterocycles. The molecule has 2 aromatic heterocycles. The molecule has 4 heterocycles. The van der Waals surface area contributed by atoms with Gasteiger partial charge in [0.05, 0.1) is 18.5 Å². The SMILES string of the molecule is Cn1cc(-c2ccc(CN3CCC[C@H]3c3cnc4c(c3)OCCC4)cc2)cn1. The predicted octanol–water partition coefficient (Wildman–Crippen LogP) is 4.14. The van der Waals surface area contributed by atoms with Gasteiger partial charge in [-0.2, -0.15) is 5.10 Å². The van der Waals surface area contributed by atoms with Crippen LogP contribution in [0.1, 0.15) is 42.1 Å². The number of benzene rings is 1. The van der Waals surface area contributed by atoms with Gasteiger partial charge < -0.3 is 4.74 Å². The number of aromatic nitrogens is 3. The Morgan fingerprint density at radius 1 is 1.11 bits per heavy atom. The van der Waals surface area contributed by atoms with E-state index in [0.29, 0.717) is 6.04 Å². The second-order valence-corrected chi connectivity index (χ2v) is 7.89. The van der Waals surface area contributed by atoms with E-state index in [1.165, 1.54) is 29.5 Å². The van der Waals surface area contributed by atoms with Crippen LogP contribution >= 0.6 is 0 Å². The Morgan fingerprint density at radius 3 is 2.82 bits per heavy atom. The van der Waals surface area contributed by atoms with Crippen LogP contribution in [-0.2, 0) is 20.0 Å². The van der Waals surface area contributed by atoms with Crippen LogP contribution in [0.5, 0.6) is 5.75 Å². The monoisotopic (exact) mass is 374 g/mol. The van der Waals surface area contributed by atoms with Gasteiger partial charge in [-0.15, -0.1) is 0 Å². The molecule has 2 aliphatic heterocycles. The van der Waals surface area contributed by atoms with Crippen molar-refractivity contribution in [3.05, 3.63) is 65.7 Å². The van der Waals surface area contributed by atoms with E-state index >= 15 is 0 Å². The van der Waals surface area contributed by atoms with Crippen LogP contribution in [0, 0.1) is 0 Å². The average Bonchev–Trinajstić information content (AvgIpc) is 3.37. The molecule has 0 bridgehead atoms. The van der Waals surface area contributed by atoms with E-state index in [2.05, 4.69) is 52.7 Å². The summed E-state index contributed by atoms with van der Waals surface area (Å²) in [6.45, 7) is 2.92. The Hall–Kier alpha value is -2.66. The molecule has 5 rings (SSSR count). The first-order valence-corrected chi connectivity index (χ1v) is 10.2. The summed E-state index contributed by atoms with van der Waals surface area (Å²) in [5.74, 6) is 0.997. The Balaban J connectivity index is 1.32. The van der Waals surface area contributed by atoms with Crippen molar-refractivity contribution in [1.29, 1.82) is 0 Å². The molecule has 2 aliphatic rings. The summed E-state index contributed by atoms with van der Waals surface area (Å²) in [6, 6.07) is 11.5. The van der Waals surface area contributed by atoms with Gasteiger partial charge in [0.1, 0.15) is 5.75 Å². The molecule has 0 aliphatic carbocycles. The smallest absolute Gasteiger partial charge is 0.141 e.